The Labute approximate surface area is 178 Å². The molecule has 0 aromatic heterocycles. The quantitative estimate of drug-likeness (QED) is 0.608. The van der Waals surface area contributed by atoms with Crippen molar-refractivity contribution in [2.75, 3.05) is 6.61 Å². The molecule has 3 saturated carbocycles. The molecule has 4 rings (SSSR count). The first-order valence-corrected chi connectivity index (χ1v) is 10.7. The molecule has 166 valence electrons. The minimum absolute atomic E-state index is 0.0361. The first-order valence-electron chi connectivity index (χ1n) is 10.3. The summed E-state index contributed by atoms with van der Waals surface area (Å²) in [4.78, 5) is 24.6. The molecule has 3 N–H and O–H groups in total. The maximum Gasteiger partial charge on any atom is 0.196 e. The Bertz CT molecular complexity index is 889. The predicted molar refractivity (Wildman–Crippen MR) is 105 cm³/mol. The summed E-state index contributed by atoms with van der Waals surface area (Å²) >= 11 is 6.02. The van der Waals surface area contributed by atoms with Crippen molar-refractivity contribution in [1.82, 2.24) is 0 Å². The molecule has 0 aliphatic heterocycles. The number of aliphatic hydroxyl groups excluding tert-OH is 2. The third kappa shape index (κ3) is 2.27. The Morgan fingerprint density at radius 1 is 1.30 bits per heavy atom. The molecule has 3 fully saturated rings. The predicted octanol–water partition coefficient (Wildman–Crippen LogP) is 2.41. The van der Waals surface area contributed by atoms with Gasteiger partial charge in [0.25, 0.3) is 0 Å². The Hall–Kier alpha value is -1.15. The molecule has 4 aliphatic carbocycles. The van der Waals surface area contributed by atoms with Gasteiger partial charge in [0.15, 0.2) is 17.2 Å². The van der Waals surface area contributed by atoms with Crippen molar-refractivity contribution >= 4 is 23.2 Å². The van der Waals surface area contributed by atoms with Crippen molar-refractivity contribution < 1.29 is 33.7 Å². The van der Waals surface area contributed by atoms with E-state index in [1.165, 1.54) is 13.0 Å². The fourth-order valence-electron chi connectivity index (χ4n) is 7.31. The van der Waals surface area contributed by atoms with Gasteiger partial charge in [0.1, 0.15) is 18.4 Å². The van der Waals surface area contributed by atoms with Crippen LogP contribution in [0.15, 0.2) is 22.8 Å². The van der Waals surface area contributed by atoms with Gasteiger partial charge in [-0.15, -0.1) is 0 Å². The van der Waals surface area contributed by atoms with Crippen LogP contribution in [0.4, 0.5) is 8.78 Å². The van der Waals surface area contributed by atoms with Crippen LogP contribution < -0.4 is 0 Å². The third-order valence-corrected chi connectivity index (χ3v) is 9.13. The Kier molecular flexibility index (Phi) is 4.73. The maximum atomic E-state index is 17.0. The fourth-order valence-corrected chi connectivity index (χ4v) is 7.58. The van der Waals surface area contributed by atoms with Crippen LogP contribution in [-0.4, -0.2) is 57.0 Å². The molecule has 0 radical (unpaired) electrons. The van der Waals surface area contributed by atoms with E-state index in [0.29, 0.717) is 0 Å². The highest BCUT2D eigenvalue weighted by Gasteiger charge is 2.76. The number of rotatable bonds is 2. The van der Waals surface area contributed by atoms with E-state index in [-0.39, 0.29) is 29.9 Å². The highest BCUT2D eigenvalue weighted by Crippen LogP contribution is 2.71. The first kappa shape index (κ1) is 22.1. The second-order valence-electron chi connectivity index (χ2n) is 9.96. The minimum Gasteiger partial charge on any atom is -0.390 e. The van der Waals surface area contributed by atoms with Gasteiger partial charge in [0, 0.05) is 16.7 Å². The lowest BCUT2D eigenvalue weighted by Gasteiger charge is -2.63. The molecule has 0 aromatic rings. The van der Waals surface area contributed by atoms with Gasteiger partial charge in [-0.3, -0.25) is 9.59 Å². The van der Waals surface area contributed by atoms with E-state index in [1.54, 1.807) is 13.8 Å². The Morgan fingerprint density at radius 3 is 2.53 bits per heavy atom. The number of carbonyl (C=O) groups is 2. The van der Waals surface area contributed by atoms with Crippen molar-refractivity contribution in [3.63, 3.8) is 0 Å². The summed E-state index contributed by atoms with van der Waals surface area (Å²) in [5.41, 5.74) is -7.19. The van der Waals surface area contributed by atoms with Crippen molar-refractivity contribution in [1.29, 1.82) is 0 Å². The van der Waals surface area contributed by atoms with Gasteiger partial charge in [-0.1, -0.05) is 25.4 Å². The molecule has 9 atom stereocenters. The Morgan fingerprint density at radius 2 is 1.93 bits per heavy atom. The number of hydrogen-bond acceptors (Lipinski definition) is 5. The minimum atomic E-state index is -2.33. The van der Waals surface area contributed by atoms with Gasteiger partial charge in [-0.05, 0) is 55.7 Å². The largest absolute Gasteiger partial charge is 0.390 e. The number of aliphatic hydroxyl groups is 3. The summed E-state index contributed by atoms with van der Waals surface area (Å²) in [6, 6.07) is 0. The van der Waals surface area contributed by atoms with E-state index in [1.807, 2.05) is 0 Å². The number of carbonyl (C=O) groups excluding carboxylic acids is 2. The van der Waals surface area contributed by atoms with Gasteiger partial charge < -0.3 is 15.3 Å². The standard InChI is InChI=1S/C22H27ClF2O5/c1-10-4-11-12-5-15(24)13-6-16(27)14(23)7-19(13,2)21(12,25)17(28)8-20(11,3)22(10,30)18(29)9-26/h6-7,10-12,15,17,26,28,30H,4-5,8-9H2,1-3H3/t10-,11+,12+,15+,17+,19-,20-,21-,22-/m1/s1. The van der Waals surface area contributed by atoms with E-state index in [9.17, 15) is 24.9 Å². The monoisotopic (exact) mass is 444 g/mol. The second-order valence-corrected chi connectivity index (χ2v) is 10.4. The normalized spacial score (nSPS) is 52.7. The first-order chi connectivity index (χ1) is 13.8. The number of fused-ring (bicyclic) bond motifs is 5. The smallest absolute Gasteiger partial charge is 0.196 e. The van der Waals surface area contributed by atoms with Crippen LogP contribution in [0.3, 0.4) is 0 Å². The number of Topliss-reactive ketones (excluding diaryl/α,β-unsaturated/α-hetero) is 1. The SMILES string of the molecule is C[C@@H]1C[C@H]2[C@@H]3C[C@H](F)C4=CC(=O)C(Cl)=C[C@@]4(C)[C@]3(F)[C@@H](O)C[C@@]2(C)[C@]1(O)C(=O)CO. The summed E-state index contributed by atoms with van der Waals surface area (Å²) in [5, 5.41) is 31.7. The van der Waals surface area contributed by atoms with Crippen LogP contribution in [0, 0.1) is 28.6 Å². The molecular weight excluding hydrogens is 418 g/mol. The zero-order valence-electron chi connectivity index (χ0n) is 17.2. The highest BCUT2D eigenvalue weighted by molar-refractivity contribution is 6.44. The molecule has 8 heteroatoms. The number of ketones is 2. The van der Waals surface area contributed by atoms with Crippen molar-refractivity contribution in [3.05, 3.63) is 22.8 Å². The molecule has 30 heavy (non-hydrogen) atoms. The van der Waals surface area contributed by atoms with E-state index in [0.717, 1.165) is 6.08 Å². The molecule has 0 unspecified atom stereocenters. The third-order valence-electron chi connectivity index (χ3n) is 8.84. The van der Waals surface area contributed by atoms with Crippen LogP contribution in [0.25, 0.3) is 0 Å². The maximum absolute atomic E-state index is 17.0. The summed E-state index contributed by atoms with van der Waals surface area (Å²) in [6.45, 7) is 3.84. The Balaban J connectivity index is 1.89. The topological polar surface area (TPSA) is 94.8 Å². The van der Waals surface area contributed by atoms with E-state index >= 15 is 8.78 Å². The molecule has 5 nitrogen and oxygen atoms in total. The highest BCUT2D eigenvalue weighted by atomic mass is 35.5. The van der Waals surface area contributed by atoms with Crippen LogP contribution in [-0.2, 0) is 9.59 Å². The molecule has 0 bridgehead atoms. The number of halogens is 3. The zero-order chi connectivity index (χ0) is 22.4. The van der Waals surface area contributed by atoms with Crippen molar-refractivity contribution in [3.8, 4) is 0 Å². The average Bonchev–Trinajstić information content (AvgIpc) is 2.87. The molecule has 0 spiro atoms. The second kappa shape index (κ2) is 6.44. The summed E-state index contributed by atoms with van der Waals surface area (Å²) in [5.74, 6) is -3.59. The number of allylic oxidation sites excluding steroid dienone is 4. The van der Waals surface area contributed by atoms with Gasteiger partial charge in [0.2, 0.25) is 0 Å². The average molecular weight is 445 g/mol. The molecule has 0 saturated heterocycles. The zero-order valence-corrected chi connectivity index (χ0v) is 17.9. The van der Waals surface area contributed by atoms with Gasteiger partial charge in [-0.25, -0.2) is 8.78 Å². The van der Waals surface area contributed by atoms with Gasteiger partial charge in [-0.2, -0.15) is 0 Å². The van der Waals surface area contributed by atoms with Crippen LogP contribution in [0.1, 0.15) is 40.0 Å². The van der Waals surface area contributed by atoms with Gasteiger partial charge >= 0.3 is 0 Å². The molecule has 0 heterocycles. The fraction of sp³-hybridized carbons (Fsp3) is 0.727. The molecule has 0 amide bonds. The molecule has 0 aromatic carbocycles. The van der Waals surface area contributed by atoms with Crippen molar-refractivity contribution in [2.45, 2.75) is 63.6 Å². The van der Waals surface area contributed by atoms with E-state index in [4.69, 9.17) is 11.6 Å². The lowest BCUT2D eigenvalue weighted by molar-refractivity contribution is -0.223. The lowest BCUT2D eigenvalue weighted by atomic mass is 9.44. The van der Waals surface area contributed by atoms with Crippen LogP contribution >= 0.6 is 11.6 Å². The van der Waals surface area contributed by atoms with Crippen molar-refractivity contribution in [2.24, 2.45) is 28.6 Å². The molecular formula is C22H27ClF2O5. The van der Waals surface area contributed by atoms with E-state index < -0.39 is 70.3 Å². The van der Waals surface area contributed by atoms with Crippen LogP contribution in [0.5, 0.6) is 0 Å². The summed E-state index contributed by atoms with van der Waals surface area (Å²) in [7, 11) is 0. The number of hydrogen-bond donors (Lipinski definition) is 3. The number of alkyl halides is 2. The summed E-state index contributed by atoms with van der Waals surface area (Å²) in [6.07, 6.45) is -1.28. The van der Waals surface area contributed by atoms with Gasteiger partial charge in [0.05, 0.1) is 11.1 Å². The summed E-state index contributed by atoms with van der Waals surface area (Å²) < 4.78 is 32.3. The van der Waals surface area contributed by atoms with Crippen LogP contribution in [0.2, 0.25) is 0 Å². The molecule has 4 aliphatic rings. The van der Waals surface area contributed by atoms with E-state index in [2.05, 4.69) is 0 Å². The lowest BCUT2D eigenvalue weighted by Crippen LogP contribution is -2.70.